The summed E-state index contributed by atoms with van der Waals surface area (Å²) in [5.74, 6) is 1.15. The molecule has 3 rings (SSSR count). The van der Waals surface area contributed by atoms with E-state index in [0.29, 0.717) is 5.41 Å². The van der Waals surface area contributed by atoms with Gasteiger partial charge in [-0.25, -0.2) is 0 Å². The highest BCUT2D eigenvalue weighted by Crippen LogP contribution is 2.47. The largest absolute Gasteiger partial charge is 0.493 e. The van der Waals surface area contributed by atoms with E-state index in [1.165, 1.54) is 32.4 Å². The van der Waals surface area contributed by atoms with E-state index >= 15 is 0 Å². The molecule has 3 aliphatic rings. The quantitative estimate of drug-likeness (QED) is 0.635. The van der Waals surface area contributed by atoms with Gasteiger partial charge in [0, 0.05) is 5.41 Å². The number of hydrogen-bond donors (Lipinski definition) is 0. The van der Waals surface area contributed by atoms with Crippen molar-refractivity contribution < 1.29 is 4.74 Å². The minimum Gasteiger partial charge on any atom is -0.493 e. The Bertz CT molecular complexity index is 394. The first-order chi connectivity index (χ1) is 8.30. The number of likely N-dealkylation sites (tertiary alicyclic amines) is 1. The molecule has 2 aliphatic heterocycles. The minimum atomic E-state index is 0.332. The van der Waals surface area contributed by atoms with E-state index in [0.717, 1.165) is 18.8 Å². The molecule has 17 heavy (non-hydrogen) atoms. The van der Waals surface area contributed by atoms with Crippen LogP contribution in [0.25, 0.3) is 0 Å². The van der Waals surface area contributed by atoms with Crippen molar-refractivity contribution in [3.63, 3.8) is 0 Å². The fourth-order valence-corrected chi connectivity index (χ4v) is 3.30. The van der Waals surface area contributed by atoms with E-state index < -0.39 is 0 Å². The summed E-state index contributed by atoms with van der Waals surface area (Å²) in [5.41, 5.74) is 1.89. The lowest BCUT2D eigenvalue weighted by atomic mass is 9.74. The topological polar surface area (TPSA) is 12.5 Å². The molecule has 1 aliphatic carbocycles. The van der Waals surface area contributed by atoms with Gasteiger partial charge in [-0.15, -0.1) is 0 Å². The zero-order chi connectivity index (χ0) is 11.7. The van der Waals surface area contributed by atoms with Crippen LogP contribution in [0.3, 0.4) is 0 Å². The van der Waals surface area contributed by atoms with Crippen LogP contribution >= 0.6 is 0 Å². The third-order valence-electron chi connectivity index (χ3n) is 4.43. The fourth-order valence-electron chi connectivity index (χ4n) is 3.30. The second kappa shape index (κ2) is 4.34. The van der Waals surface area contributed by atoms with Gasteiger partial charge in [0.25, 0.3) is 0 Å². The molecule has 1 unspecified atom stereocenters. The van der Waals surface area contributed by atoms with Crippen molar-refractivity contribution in [3.8, 4) is 0 Å². The van der Waals surface area contributed by atoms with Crippen LogP contribution in [0.5, 0.6) is 0 Å². The van der Waals surface area contributed by atoms with Crippen molar-refractivity contribution >= 4 is 0 Å². The zero-order valence-electron chi connectivity index (χ0n) is 10.6. The molecular formula is C15H21NO. The van der Waals surface area contributed by atoms with E-state index in [1.54, 1.807) is 5.57 Å². The Balaban J connectivity index is 1.90. The van der Waals surface area contributed by atoms with Gasteiger partial charge in [-0.3, -0.25) is 0 Å². The van der Waals surface area contributed by atoms with Crippen molar-refractivity contribution in [1.29, 1.82) is 0 Å². The number of hydrogen-bond acceptors (Lipinski definition) is 2. The molecular weight excluding hydrogens is 210 g/mol. The Morgan fingerprint density at radius 3 is 3.12 bits per heavy atom. The van der Waals surface area contributed by atoms with Gasteiger partial charge in [-0.05, 0) is 57.5 Å². The number of fused-ring (bicyclic) bond motifs is 1. The summed E-state index contributed by atoms with van der Waals surface area (Å²) in [7, 11) is 2.23. The van der Waals surface area contributed by atoms with Crippen molar-refractivity contribution in [2.24, 2.45) is 5.41 Å². The first-order valence-electron chi connectivity index (χ1n) is 6.68. The third kappa shape index (κ3) is 1.95. The van der Waals surface area contributed by atoms with E-state index in [9.17, 15) is 0 Å². The van der Waals surface area contributed by atoms with Gasteiger partial charge in [-0.2, -0.15) is 0 Å². The molecule has 0 radical (unpaired) electrons. The minimum absolute atomic E-state index is 0.332. The molecule has 0 amide bonds. The van der Waals surface area contributed by atoms with E-state index in [1.807, 2.05) is 0 Å². The van der Waals surface area contributed by atoms with Crippen LogP contribution in [0.4, 0.5) is 0 Å². The van der Waals surface area contributed by atoms with Crippen molar-refractivity contribution in [2.45, 2.75) is 25.7 Å². The number of rotatable bonds is 0. The molecule has 0 bridgehead atoms. The van der Waals surface area contributed by atoms with Gasteiger partial charge in [0.15, 0.2) is 0 Å². The average molecular weight is 231 g/mol. The lowest BCUT2D eigenvalue weighted by Crippen LogP contribution is -2.26. The van der Waals surface area contributed by atoms with Crippen molar-refractivity contribution in [3.05, 3.63) is 35.6 Å². The highest BCUT2D eigenvalue weighted by Gasteiger charge is 2.42. The molecule has 2 heterocycles. The molecule has 0 aromatic carbocycles. The molecule has 2 nitrogen and oxygen atoms in total. The summed E-state index contributed by atoms with van der Waals surface area (Å²) in [6, 6.07) is 0. The molecule has 1 saturated heterocycles. The van der Waals surface area contributed by atoms with Crippen molar-refractivity contribution in [1.82, 2.24) is 4.90 Å². The Labute approximate surface area is 104 Å². The third-order valence-corrected chi connectivity index (χ3v) is 4.43. The molecule has 0 aromatic rings. The molecule has 1 atom stereocenters. The number of nitrogens with zero attached hydrogens (tertiary/aromatic N) is 1. The normalized spacial score (nSPS) is 33.5. The first-order valence-corrected chi connectivity index (χ1v) is 6.68. The van der Waals surface area contributed by atoms with E-state index in [2.05, 4.69) is 36.3 Å². The number of ether oxygens (including phenoxy) is 1. The monoisotopic (exact) mass is 231 g/mol. The number of allylic oxidation sites excluding steroid dienone is 4. The highest BCUT2D eigenvalue weighted by atomic mass is 16.5. The van der Waals surface area contributed by atoms with Gasteiger partial charge in [0.05, 0.1) is 6.61 Å². The van der Waals surface area contributed by atoms with Crippen LogP contribution < -0.4 is 0 Å². The summed E-state index contributed by atoms with van der Waals surface area (Å²) in [6.45, 7) is 3.34. The van der Waals surface area contributed by atoms with Crippen molar-refractivity contribution in [2.75, 3.05) is 26.7 Å². The SMILES string of the molecule is CN1CCCC2(CC1)COC1=C2CC=CC=C1. The standard InChI is InChI=1S/C15H21NO/c1-16-10-5-8-15(9-11-16)12-17-14-7-4-2-3-6-13(14)15/h2-4,7H,5-6,8-12H2,1H3. The molecule has 0 saturated carbocycles. The first kappa shape index (κ1) is 11.1. The van der Waals surface area contributed by atoms with Crippen LogP contribution in [-0.4, -0.2) is 31.6 Å². The smallest absolute Gasteiger partial charge is 0.119 e. The van der Waals surface area contributed by atoms with Crippen LogP contribution in [0, 0.1) is 5.41 Å². The second-order valence-electron chi connectivity index (χ2n) is 5.56. The van der Waals surface area contributed by atoms with Crippen LogP contribution in [0.15, 0.2) is 35.6 Å². The predicted octanol–water partition coefficient (Wildman–Crippen LogP) is 2.89. The van der Waals surface area contributed by atoms with Crippen LogP contribution in [0.2, 0.25) is 0 Å². The molecule has 1 spiro atoms. The average Bonchev–Trinajstić information content (AvgIpc) is 2.52. The van der Waals surface area contributed by atoms with Gasteiger partial charge in [-0.1, -0.05) is 18.2 Å². The maximum absolute atomic E-state index is 5.96. The van der Waals surface area contributed by atoms with Crippen LogP contribution in [-0.2, 0) is 4.74 Å². The van der Waals surface area contributed by atoms with Gasteiger partial charge in [0.2, 0.25) is 0 Å². The zero-order valence-corrected chi connectivity index (χ0v) is 10.6. The molecule has 92 valence electrons. The summed E-state index contributed by atoms with van der Waals surface area (Å²) in [5, 5.41) is 0. The second-order valence-corrected chi connectivity index (χ2v) is 5.56. The highest BCUT2D eigenvalue weighted by molar-refractivity contribution is 5.36. The van der Waals surface area contributed by atoms with Crippen LogP contribution in [0.1, 0.15) is 25.7 Å². The van der Waals surface area contributed by atoms with E-state index in [4.69, 9.17) is 4.74 Å². The molecule has 0 aromatic heterocycles. The van der Waals surface area contributed by atoms with E-state index in [-0.39, 0.29) is 0 Å². The summed E-state index contributed by atoms with van der Waals surface area (Å²) in [4.78, 5) is 2.45. The van der Waals surface area contributed by atoms with Gasteiger partial charge >= 0.3 is 0 Å². The maximum atomic E-state index is 5.96. The lowest BCUT2D eigenvalue weighted by Gasteiger charge is -2.28. The Morgan fingerprint density at radius 2 is 2.18 bits per heavy atom. The Morgan fingerprint density at radius 1 is 1.24 bits per heavy atom. The molecule has 2 heteroatoms. The lowest BCUT2D eigenvalue weighted by molar-refractivity contribution is 0.154. The molecule has 0 N–H and O–H groups in total. The predicted molar refractivity (Wildman–Crippen MR) is 69.7 cm³/mol. The van der Waals surface area contributed by atoms with Gasteiger partial charge in [0.1, 0.15) is 5.76 Å². The summed E-state index contributed by atoms with van der Waals surface area (Å²) < 4.78 is 5.96. The Kier molecular flexibility index (Phi) is 2.83. The fraction of sp³-hybridized carbons (Fsp3) is 0.600. The Hall–Kier alpha value is -1.02. The summed E-state index contributed by atoms with van der Waals surface area (Å²) in [6.07, 6.45) is 13.6. The molecule has 1 fully saturated rings. The summed E-state index contributed by atoms with van der Waals surface area (Å²) >= 11 is 0. The van der Waals surface area contributed by atoms with Gasteiger partial charge < -0.3 is 9.64 Å². The maximum Gasteiger partial charge on any atom is 0.119 e.